The van der Waals surface area contributed by atoms with E-state index in [1.165, 1.54) is 12.1 Å². The van der Waals surface area contributed by atoms with Gasteiger partial charge in [0.05, 0.1) is 5.69 Å². The Bertz CT molecular complexity index is 623. The minimum Gasteiger partial charge on any atom is -0.368 e. The molecular formula is C12H9F4N3. The normalized spacial score (nSPS) is 11.6. The predicted molar refractivity (Wildman–Crippen MR) is 61.6 cm³/mol. The van der Waals surface area contributed by atoms with E-state index in [0.717, 1.165) is 6.07 Å². The highest BCUT2D eigenvalue weighted by atomic mass is 19.4. The van der Waals surface area contributed by atoms with Crippen molar-refractivity contribution in [3.8, 4) is 11.3 Å². The Morgan fingerprint density at radius 3 is 2.42 bits per heavy atom. The molecule has 1 aromatic carbocycles. The van der Waals surface area contributed by atoms with Crippen molar-refractivity contribution in [2.45, 2.75) is 13.1 Å². The third-order valence-electron chi connectivity index (χ3n) is 2.43. The number of halogens is 4. The molecule has 100 valence electrons. The molecule has 0 spiro atoms. The van der Waals surface area contributed by atoms with Gasteiger partial charge in [0.2, 0.25) is 5.95 Å². The lowest BCUT2D eigenvalue weighted by atomic mass is 10.1. The van der Waals surface area contributed by atoms with Gasteiger partial charge in [-0.25, -0.2) is 14.4 Å². The molecule has 0 aliphatic heterocycles. The first kappa shape index (κ1) is 13.3. The quantitative estimate of drug-likeness (QED) is 0.810. The van der Waals surface area contributed by atoms with Crippen molar-refractivity contribution < 1.29 is 17.6 Å². The van der Waals surface area contributed by atoms with Gasteiger partial charge in [-0.1, -0.05) is 11.6 Å². The summed E-state index contributed by atoms with van der Waals surface area (Å²) in [7, 11) is 0. The first-order chi connectivity index (χ1) is 8.77. The molecule has 19 heavy (non-hydrogen) atoms. The Balaban J connectivity index is 2.63. The van der Waals surface area contributed by atoms with Crippen molar-refractivity contribution in [2.75, 3.05) is 5.73 Å². The first-order valence-corrected chi connectivity index (χ1v) is 5.25. The van der Waals surface area contributed by atoms with Crippen molar-refractivity contribution in [2.24, 2.45) is 0 Å². The number of hydrogen-bond acceptors (Lipinski definition) is 3. The minimum absolute atomic E-state index is 0.0420. The van der Waals surface area contributed by atoms with E-state index < -0.39 is 23.6 Å². The lowest BCUT2D eigenvalue weighted by Gasteiger charge is -2.09. The minimum atomic E-state index is -4.66. The summed E-state index contributed by atoms with van der Waals surface area (Å²) in [5, 5.41) is 0. The van der Waals surface area contributed by atoms with Crippen LogP contribution in [0.3, 0.4) is 0 Å². The maximum atomic E-state index is 13.6. The molecule has 0 unspecified atom stereocenters. The number of anilines is 1. The van der Waals surface area contributed by atoms with Crippen LogP contribution in [0.15, 0.2) is 24.3 Å². The van der Waals surface area contributed by atoms with Crippen LogP contribution in [0, 0.1) is 12.7 Å². The van der Waals surface area contributed by atoms with Crippen molar-refractivity contribution in [3.05, 3.63) is 41.3 Å². The van der Waals surface area contributed by atoms with Gasteiger partial charge in [0, 0.05) is 5.56 Å². The van der Waals surface area contributed by atoms with Crippen molar-refractivity contribution >= 4 is 5.95 Å². The highest BCUT2D eigenvalue weighted by molar-refractivity contribution is 5.62. The third kappa shape index (κ3) is 2.81. The second-order valence-electron chi connectivity index (χ2n) is 3.98. The Morgan fingerprint density at radius 1 is 1.11 bits per heavy atom. The number of hydrogen-bond donors (Lipinski definition) is 1. The summed E-state index contributed by atoms with van der Waals surface area (Å²) < 4.78 is 51.4. The van der Waals surface area contributed by atoms with Gasteiger partial charge in [-0.2, -0.15) is 13.2 Å². The van der Waals surface area contributed by atoms with Gasteiger partial charge in [0.15, 0.2) is 5.69 Å². The fourth-order valence-electron chi connectivity index (χ4n) is 1.58. The van der Waals surface area contributed by atoms with E-state index in [1.54, 1.807) is 6.92 Å². The van der Waals surface area contributed by atoms with Gasteiger partial charge in [0.25, 0.3) is 0 Å². The van der Waals surface area contributed by atoms with Crippen molar-refractivity contribution in [1.82, 2.24) is 9.97 Å². The average molecular weight is 271 g/mol. The van der Waals surface area contributed by atoms with Crippen LogP contribution in [-0.2, 0) is 6.18 Å². The second-order valence-corrected chi connectivity index (χ2v) is 3.98. The fourth-order valence-corrected chi connectivity index (χ4v) is 1.58. The Labute approximate surface area is 106 Å². The number of nitrogens with zero attached hydrogens (tertiary/aromatic N) is 2. The summed E-state index contributed by atoms with van der Waals surface area (Å²) in [5.41, 5.74) is 4.50. The number of nitrogens with two attached hydrogens (primary N) is 1. The number of benzene rings is 1. The molecule has 7 heteroatoms. The largest absolute Gasteiger partial charge is 0.433 e. The average Bonchev–Trinajstić information content (AvgIpc) is 2.30. The summed E-state index contributed by atoms with van der Waals surface area (Å²) in [4.78, 5) is 6.75. The van der Waals surface area contributed by atoms with E-state index in [0.29, 0.717) is 11.6 Å². The summed E-state index contributed by atoms with van der Waals surface area (Å²) in [6, 6.07) is 4.75. The molecule has 2 rings (SSSR count). The highest BCUT2D eigenvalue weighted by Crippen LogP contribution is 2.31. The molecule has 0 atom stereocenters. The van der Waals surface area contributed by atoms with Crippen molar-refractivity contribution in [3.63, 3.8) is 0 Å². The molecule has 0 saturated carbocycles. The molecule has 0 aliphatic carbocycles. The summed E-state index contributed by atoms with van der Waals surface area (Å²) in [6.07, 6.45) is -4.66. The van der Waals surface area contributed by atoms with Crippen molar-refractivity contribution in [1.29, 1.82) is 0 Å². The SMILES string of the molecule is Cc1ccc(F)c(-c2cc(C(F)(F)F)nc(N)n2)c1. The van der Waals surface area contributed by atoms with Gasteiger partial charge >= 0.3 is 6.18 Å². The first-order valence-electron chi connectivity index (χ1n) is 5.25. The fraction of sp³-hybridized carbons (Fsp3) is 0.167. The van der Waals surface area contributed by atoms with Crippen LogP contribution in [0.25, 0.3) is 11.3 Å². The van der Waals surface area contributed by atoms with Gasteiger partial charge in [-0.3, -0.25) is 0 Å². The zero-order valence-electron chi connectivity index (χ0n) is 9.79. The number of rotatable bonds is 1. The standard InChI is InChI=1S/C12H9F4N3/c1-6-2-3-8(13)7(4-6)9-5-10(12(14,15)16)19-11(17)18-9/h2-5H,1H3,(H2,17,18,19). The lowest BCUT2D eigenvalue weighted by Crippen LogP contribution is -2.11. The maximum Gasteiger partial charge on any atom is 0.433 e. The van der Waals surface area contributed by atoms with E-state index >= 15 is 0 Å². The Hall–Kier alpha value is -2.18. The molecule has 0 saturated heterocycles. The number of nitrogen functional groups attached to an aromatic ring is 1. The van der Waals surface area contributed by atoms with E-state index in [-0.39, 0.29) is 11.3 Å². The van der Waals surface area contributed by atoms with Crippen LogP contribution in [-0.4, -0.2) is 9.97 Å². The lowest BCUT2D eigenvalue weighted by molar-refractivity contribution is -0.141. The monoisotopic (exact) mass is 271 g/mol. The molecule has 1 aromatic heterocycles. The van der Waals surface area contributed by atoms with E-state index in [9.17, 15) is 17.6 Å². The van der Waals surface area contributed by atoms with Crippen LogP contribution < -0.4 is 5.73 Å². The molecule has 0 radical (unpaired) electrons. The van der Waals surface area contributed by atoms with Crippen LogP contribution in [0.2, 0.25) is 0 Å². The zero-order valence-corrected chi connectivity index (χ0v) is 9.79. The smallest absolute Gasteiger partial charge is 0.368 e. The van der Waals surface area contributed by atoms with Crippen LogP contribution in [0.5, 0.6) is 0 Å². The third-order valence-corrected chi connectivity index (χ3v) is 2.43. The molecule has 0 fully saturated rings. The maximum absolute atomic E-state index is 13.6. The van der Waals surface area contributed by atoms with E-state index in [2.05, 4.69) is 9.97 Å². The molecule has 1 heterocycles. The Morgan fingerprint density at radius 2 is 1.79 bits per heavy atom. The number of aromatic nitrogens is 2. The van der Waals surface area contributed by atoms with E-state index in [1.807, 2.05) is 0 Å². The van der Waals surface area contributed by atoms with Crippen LogP contribution in [0.1, 0.15) is 11.3 Å². The molecule has 0 amide bonds. The zero-order chi connectivity index (χ0) is 14.2. The second kappa shape index (κ2) is 4.49. The van der Waals surface area contributed by atoms with E-state index in [4.69, 9.17) is 5.73 Å². The predicted octanol–water partition coefficient (Wildman–Crippen LogP) is 3.19. The molecular weight excluding hydrogens is 262 g/mol. The summed E-state index contributed by atoms with van der Waals surface area (Å²) in [5.74, 6) is -1.22. The Kier molecular flexibility index (Phi) is 3.13. The molecule has 0 bridgehead atoms. The summed E-state index contributed by atoms with van der Waals surface area (Å²) in [6.45, 7) is 1.69. The number of alkyl halides is 3. The molecule has 2 N–H and O–H groups in total. The van der Waals surface area contributed by atoms with Crippen LogP contribution >= 0.6 is 0 Å². The molecule has 0 aliphatic rings. The van der Waals surface area contributed by atoms with Gasteiger partial charge < -0.3 is 5.73 Å². The topological polar surface area (TPSA) is 51.8 Å². The van der Waals surface area contributed by atoms with Gasteiger partial charge in [0.1, 0.15) is 5.82 Å². The molecule has 2 aromatic rings. The van der Waals surface area contributed by atoms with Gasteiger partial charge in [-0.15, -0.1) is 0 Å². The summed E-state index contributed by atoms with van der Waals surface area (Å²) >= 11 is 0. The van der Waals surface area contributed by atoms with Crippen LogP contribution in [0.4, 0.5) is 23.5 Å². The number of aryl methyl sites for hydroxylation is 1. The van der Waals surface area contributed by atoms with Gasteiger partial charge in [-0.05, 0) is 25.1 Å². The highest BCUT2D eigenvalue weighted by Gasteiger charge is 2.33. The molecule has 3 nitrogen and oxygen atoms in total.